The van der Waals surface area contributed by atoms with E-state index in [2.05, 4.69) is 38.7 Å². The quantitative estimate of drug-likeness (QED) is 0.730. The van der Waals surface area contributed by atoms with E-state index in [1.165, 1.54) is 0 Å². The Morgan fingerprint density at radius 1 is 1.36 bits per heavy atom. The summed E-state index contributed by atoms with van der Waals surface area (Å²) in [5, 5.41) is 15.7. The van der Waals surface area contributed by atoms with Crippen LogP contribution in [0.2, 0.25) is 0 Å². The van der Waals surface area contributed by atoms with Gasteiger partial charge in [-0.2, -0.15) is 5.10 Å². The van der Waals surface area contributed by atoms with Crippen LogP contribution in [0.25, 0.3) is 11.7 Å². The molecule has 1 fully saturated rings. The number of rotatable bonds is 6. The summed E-state index contributed by atoms with van der Waals surface area (Å²) in [6, 6.07) is 0.396. The van der Waals surface area contributed by atoms with E-state index in [9.17, 15) is 0 Å². The third-order valence-electron chi connectivity index (χ3n) is 4.47. The zero-order valence-electron chi connectivity index (χ0n) is 14.3. The molecule has 0 saturated carbocycles. The highest BCUT2D eigenvalue weighted by Gasteiger charge is 2.31. The smallest absolute Gasteiger partial charge is 0.315 e. The van der Waals surface area contributed by atoms with Gasteiger partial charge < -0.3 is 19.0 Å². The lowest BCUT2D eigenvalue weighted by atomic mass is 9.97. The van der Waals surface area contributed by atoms with Crippen LogP contribution in [-0.4, -0.2) is 42.7 Å². The van der Waals surface area contributed by atoms with Gasteiger partial charge in [0.25, 0.3) is 5.89 Å². The summed E-state index contributed by atoms with van der Waals surface area (Å²) in [4.78, 5) is 4.21. The molecule has 9 nitrogen and oxygen atoms in total. The Morgan fingerprint density at radius 3 is 3.04 bits per heavy atom. The van der Waals surface area contributed by atoms with Crippen LogP contribution in [0.4, 0.5) is 6.01 Å². The second-order valence-electron chi connectivity index (χ2n) is 6.12. The first-order valence-corrected chi connectivity index (χ1v) is 8.43. The van der Waals surface area contributed by atoms with Crippen molar-refractivity contribution in [2.24, 2.45) is 13.0 Å². The maximum absolute atomic E-state index is 5.90. The highest BCUT2D eigenvalue weighted by Crippen LogP contribution is 2.34. The molecule has 0 aliphatic carbocycles. The Kier molecular flexibility index (Phi) is 4.22. The summed E-state index contributed by atoms with van der Waals surface area (Å²) in [5.74, 6) is 1.38. The number of anilines is 1. The lowest BCUT2D eigenvalue weighted by molar-refractivity contribution is 0.0931. The number of hydrogen-bond acceptors (Lipinski definition) is 7. The molecule has 1 saturated heterocycles. The minimum atomic E-state index is 0.0460. The Balaban J connectivity index is 1.41. The molecule has 4 rings (SSSR count). The summed E-state index contributed by atoms with van der Waals surface area (Å²) < 4.78 is 15.3. The number of hydrogen-bond donors (Lipinski definition) is 1. The van der Waals surface area contributed by atoms with Gasteiger partial charge in [-0.1, -0.05) is 5.10 Å². The zero-order valence-corrected chi connectivity index (χ0v) is 14.3. The summed E-state index contributed by atoms with van der Waals surface area (Å²) in [6.07, 6.45) is 8.50. The van der Waals surface area contributed by atoms with Crippen molar-refractivity contribution in [2.45, 2.75) is 26.0 Å². The summed E-state index contributed by atoms with van der Waals surface area (Å²) >= 11 is 0. The van der Waals surface area contributed by atoms with Gasteiger partial charge in [0, 0.05) is 56.8 Å². The van der Waals surface area contributed by atoms with Crippen molar-refractivity contribution in [2.75, 3.05) is 18.5 Å². The number of imidazole rings is 1. The lowest BCUT2D eigenvalue weighted by Gasteiger charge is -2.16. The minimum Gasteiger partial charge on any atom is -0.400 e. The molecule has 2 atom stereocenters. The van der Waals surface area contributed by atoms with Crippen LogP contribution in [0.15, 0.2) is 29.2 Å². The average molecular weight is 343 g/mol. The van der Waals surface area contributed by atoms with Crippen LogP contribution in [0.3, 0.4) is 0 Å². The fourth-order valence-electron chi connectivity index (χ4n) is 3.09. The van der Waals surface area contributed by atoms with Gasteiger partial charge in [0.2, 0.25) is 0 Å². The summed E-state index contributed by atoms with van der Waals surface area (Å²) in [6.45, 7) is 4.37. The van der Waals surface area contributed by atoms with E-state index in [1.54, 1.807) is 6.20 Å². The average Bonchev–Trinajstić information content (AvgIpc) is 3.38. The molecule has 3 aromatic rings. The molecule has 4 heterocycles. The number of nitrogens with one attached hydrogen (secondary N) is 1. The molecule has 0 bridgehead atoms. The molecule has 1 aliphatic heterocycles. The number of ether oxygens (including phenoxy) is 1. The van der Waals surface area contributed by atoms with Crippen molar-refractivity contribution in [1.82, 2.24) is 29.5 Å². The molecular weight excluding hydrogens is 322 g/mol. The van der Waals surface area contributed by atoms with E-state index in [1.807, 2.05) is 28.7 Å². The maximum Gasteiger partial charge on any atom is 0.315 e. The van der Waals surface area contributed by atoms with Gasteiger partial charge in [0.1, 0.15) is 0 Å². The van der Waals surface area contributed by atoms with Crippen molar-refractivity contribution < 1.29 is 9.15 Å². The first-order chi connectivity index (χ1) is 12.2. The third kappa shape index (κ3) is 3.14. The second kappa shape index (κ2) is 6.67. The van der Waals surface area contributed by atoms with E-state index in [4.69, 9.17) is 9.15 Å². The van der Waals surface area contributed by atoms with Crippen LogP contribution in [-0.2, 0) is 18.3 Å². The standard InChI is InChI=1S/C16H21N7O2/c1-3-23-10-12(9-19-23)13-11(4-7-24-13)8-18-16-21-20-15(25-16)14-17-5-6-22(14)2/h5-6,9-11,13H,3-4,7-8H2,1-2H3,(H,18,21)/t11-,13+/m0/s1. The van der Waals surface area contributed by atoms with Gasteiger partial charge in [0.15, 0.2) is 5.82 Å². The number of nitrogens with zero attached hydrogens (tertiary/aromatic N) is 6. The van der Waals surface area contributed by atoms with Gasteiger partial charge in [-0.15, -0.1) is 5.10 Å². The molecule has 132 valence electrons. The highest BCUT2D eigenvalue weighted by atomic mass is 16.5. The molecule has 3 aromatic heterocycles. The Bertz CT molecular complexity index is 837. The molecule has 25 heavy (non-hydrogen) atoms. The van der Waals surface area contributed by atoms with Crippen LogP contribution in [0.1, 0.15) is 25.0 Å². The normalized spacial score (nSPS) is 20.2. The van der Waals surface area contributed by atoms with Crippen LogP contribution >= 0.6 is 0 Å². The molecule has 0 radical (unpaired) electrons. The van der Waals surface area contributed by atoms with E-state index < -0.39 is 0 Å². The van der Waals surface area contributed by atoms with Crippen molar-refractivity contribution in [3.05, 3.63) is 30.4 Å². The van der Waals surface area contributed by atoms with Gasteiger partial charge in [-0.05, 0) is 13.3 Å². The zero-order chi connectivity index (χ0) is 17.2. The summed E-state index contributed by atoms with van der Waals surface area (Å²) in [7, 11) is 1.89. The van der Waals surface area contributed by atoms with Crippen molar-refractivity contribution in [3.63, 3.8) is 0 Å². The maximum atomic E-state index is 5.90. The molecule has 1 aliphatic rings. The molecule has 0 aromatic carbocycles. The van der Waals surface area contributed by atoms with Gasteiger partial charge in [-0.25, -0.2) is 4.98 Å². The number of aromatic nitrogens is 6. The third-order valence-corrected chi connectivity index (χ3v) is 4.47. The largest absolute Gasteiger partial charge is 0.400 e. The van der Waals surface area contributed by atoms with E-state index in [0.29, 0.717) is 30.2 Å². The predicted octanol–water partition coefficient (Wildman–Crippen LogP) is 1.88. The van der Waals surface area contributed by atoms with E-state index in [-0.39, 0.29) is 6.10 Å². The van der Waals surface area contributed by atoms with Crippen molar-refractivity contribution >= 4 is 6.01 Å². The van der Waals surface area contributed by atoms with E-state index >= 15 is 0 Å². The Morgan fingerprint density at radius 2 is 2.28 bits per heavy atom. The highest BCUT2D eigenvalue weighted by molar-refractivity contribution is 5.42. The topological polar surface area (TPSA) is 95.8 Å². The molecule has 0 amide bonds. The number of aryl methyl sites for hydroxylation is 2. The minimum absolute atomic E-state index is 0.0460. The molecule has 0 spiro atoms. The molecule has 0 unspecified atom stereocenters. The van der Waals surface area contributed by atoms with Crippen molar-refractivity contribution in [1.29, 1.82) is 0 Å². The summed E-state index contributed by atoms with van der Waals surface area (Å²) in [5.41, 5.74) is 1.12. The van der Waals surface area contributed by atoms with E-state index in [0.717, 1.165) is 25.1 Å². The molecule has 1 N–H and O–H groups in total. The Labute approximate surface area is 145 Å². The van der Waals surface area contributed by atoms with Crippen LogP contribution in [0, 0.1) is 5.92 Å². The first kappa shape index (κ1) is 15.8. The Hall–Kier alpha value is -2.68. The van der Waals surface area contributed by atoms with Gasteiger partial charge in [0.05, 0.1) is 12.3 Å². The SMILES string of the molecule is CCn1cc([C@@H]2OCC[C@H]2CNc2nnc(-c3nccn3C)o2)cn1. The monoisotopic (exact) mass is 343 g/mol. The van der Waals surface area contributed by atoms with Gasteiger partial charge in [-0.3, -0.25) is 4.68 Å². The fourth-order valence-corrected chi connectivity index (χ4v) is 3.09. The fraction of sp³-hybridized carbons (Fsp3) is 0.500. The predicted molar refractivity (Wildman–Crippen MR) is 89.7 cm³/mol. The van der Waals surface area contributed by atoms with Crippen molar-refractivity contribution in [3.8, 4) is 11.7 Å². The van der Waals surface area contributed by atoms with Crippen LogP contribution in [0.5, 0.6) is 0 Å². The van der Waals surface area contributed by atoms with Gasteiger partial charge >= 0.3 is 6.01 Å². The molecular formula is C16H21N7O2. The van der Waals surface area contributed by atoms with Crippen LogP contribution < -0.4 is 5.32 Å². The lowest BCUT2D eigenvalue weighted by Crippen LogP contribution is -2.17. The first-order valence-electron chi connectivity index (χ1n) is 8.43. The second-order valence-corrected chi connectivity index (χ2v) is 6.12. The molecule has 9 heteroatoms.